The molecular weight excluding hydrogens is 310 g/mol. The van der Waals surface area contributed by atoms with Crippen LogP contribution in [-0.2, 0) is 4.79 Å². The molecule has 0 fully saturated rings. The Morgan fingerprint density at radius 3 is 2.57 bits per heavy atom. The van der Waals surface area contributed by atoms with E-state index in [1.165, 1.54) is 6.08 Å². The second-order valence-corrected chi connectivity index (χ2v) is 5.34. The lowest BCUT2D eigenvalue weighted by molar-refractivity contribution is -0.111. The molecule has 0 aliphatic rings. The van der Waals surface area contributed by atoms with Crippen molar-refractivity contribution in [1.82, 2.24) is 10.2 Å². The molecule has 2 aromatic carbocycles. The van der Waals surface area contributed by atoms with E-state index < -0.39 is 0 Å². The molecule has 5 heteroatoms. The predicted molar refractivity (Wildman–Crippen MR) is 93.1 cm³/mol. The van der Waals surface area contributed by atoms with Crippen molar-refractivity contribution in [2.45, 2.75) is 0 Å². The lowest BCUT2D eigenvalue weighted by Gasteiger charge is -1.97. The van der Waals surface area contributed by atoms with Crippen LogP contribution < -0.4 is 5.32 Å². The third kappa shape index (κ3) is 4.08. The molecule has 0 radical (unpaired) electrons. The maximum atomic E-state index is 11.9. The first-order valence-electron chi connectivity index (χ1n) is 7.06. The Bertz CT molecular complexity index is 823. The van der Waals surface area contributed by atoms with Crippen LogP contribution in [0.5, 0.6) is 0 Å². The molecule has 1 amide bonds. The summed E-state index contributed by atoms with van der Waals surface area (Å²) in [5.74, 6) is 0.237. The number of nitrogens with zero attached hydrogens (tertiary/aromatic N) is 1. The fourth-order valence-corrected chi connectivity index (χ4v) is 2.19. The van der Waals surface area contributed by atoms with Gasteiger partial charge in [-0.05, 0) is 29.3 Å². The molecular formula is C18H14ClN3O. The van der Waals surface area contributed by atoms with Gasteiger partial charge in [-0.1, -0.05) is 54.1 Å². The molecule has 3 aromatic rings. The van der Waals surface area contributed by atoms with E-state index in [-0.39, 0.29) is 5.91 Å². The highest BCUT2D eigenvalue weighted by atomic mass is 35.5. The molecule has 0 unspecified atom stereocenters. The van der Waals surface area contributed by atoms with Gasteiger partial charge in [0.05, 0.1) is 5.69 Å². The van der Waals surface area contributed by atoms with Crippen LogP contribution >= 0.6 is 11.6 Å². The minimum absolute atomic E-state index is 0.233. The number of aromatic amines is 1. The monoisotopic (exact) mass is 323 g/mol. The van der Waals surface area contributed by atoms with Crippen LogP contribution in [-0.4, -0.2) is 16.1 Å². The first kappa shape index (κ1) is 15.1. The molecule has 0 spiro atoms. The first-order valence-corrected chi connectivity index (χ1v) is 7.44. The van der Waals surface area contributed by atoms with Gasteiger partial charge >= 0.3 is 0 Å². The summed E-state index contributed by atoms with van der Waals surface area (Å²) in [6, 6.07) is 18.8. The van der Waals surface area contributed by atoms with Gasteiger partial charge in [0.15, 0.2) is 5.82 Å². The number of H-pyrrole nitrogens is 1. The molecule has 0 bridgehead atoms. The number of aromatic nitrogens is 2. The molecule has 23 heavy (non-hydrogen) atoms. The van der Waals surface area contributed by atoms with Crippen LogP contribution in [0.3, 0.4) is 0 Å². The number of benzene rings is 2. The minimum Gasteiger partial charge on any atom is -0.306 e. The Balaban J connectivity index is 1.66. The Hall–Kier alpha value is -2.85. The molecule has 0 saturated heterocycles. The zero-order valence-electron chi connectivity index (χ0n) is 12.2. The van der Waals surface area contributed by atoms with Gasteiger partial charge in [0.2, 0.25) is 5.91 Å². The summed E-state index contributed by atoms with van der Waals surface area (Å²) in [4.78, 5) is 11.9. The van der Waals surface area contributed by atoms with E-state index >= 15 is 0 Å². The fraction of sp³-hybridized carbons (Fsp3) is 0. The van der Waals surface area contributed by atoms with Crippen molar-refractivity contribution >= 4 is 29.4 Å². The molecule has 114 valence electrons. The summed E-state index contributed by atoms with van der Waals surface area (Å²) in [7, 11) is 0. The standard InChI is InChI=1S/C18H14ClN3O/c19-15-9-7-14(8-10-15)16-12-17(22-21-16)20-18(23)11-6-13-4-2-1-3-5-13/h1-12H,(H2,20,21,22,23). The first-order chi connectivity index (χ1) is 11.2. The minimum atomic E-state index is -0.233. The van der Waals surface area contributed by atoms with E-state index in [1.54, 1.807) is 24.3 Å². The van der Waals surface area contributed by atoms with E-state index in [0.29, 0.717) is 10.8 Å². The number of halogens is 1. The summed E-state index contributed by atoms with van der Waals surface area (Å²) < 4.78 is 0. The summed E-state index contributed by atoms with van der Waals surface area (Å²) in [5.41, 5.74) is 2.72. The maximum absolute atomic E-state index is 11.9. The molecule has 0 aliphatic carbocycles. The van der Waals surface area contributed by atoms with Crippen LogP contribution in [0, 0.1) is 0 Å². The third-order valence-electron chi connectivity index (χ3n) is 3.21. The van der Waals surface area contributed by atoms with Gasteiger partial charge < -0.3 is 5.32 Å². The van der Waals surface area contributed by atoms with E-state index in [4.69, 9.17) is 11.6 Å². The van der Waals surface area contributed by atoms with Gasteiger partial charge in [-0.15, -0.1) is 0 Å². The van der Waals surface area contributed by atoms with Crippen LogP contribution in [0.15, 0.2) is 66.7 Å². The number of carbonyl (C=O) groups excluding carboxylic acids is 1. The summed E-state index contributed by atoms with van der Waals surface area (Å²) in [5, 5.41) is 10.4. The van der Waals surface area contributed by atoms with E-state index in [1.807, 2.05) is 42.5 Å². The zero-order valence-corrected chi connectivity index (χ0v) is 12.9. The molecule has 3 rings (SSSR count). The molecule has 1 heterocycles. The van der Waals surface area contributed by atoms with E-state index in [2.05, 4.69) is 15.5 Å². The number of amides is 1. The molecule has 4 nitrogen and oxygen atoms in total. The van der Waals surface area contributed by atoms with Gasteiger partial charge in [-0.3, -0.25) is 9.89 Å². The SMILES string of the molecule is O=C(C=Cc1ccccc1)Nc1cc(-c2ccc(Cl)cc2)[nH]n1. The van der Waals surface area contributed by atoms with Crippen molar-refractivity contribution in [3.05, 3.63) is 77.3 Å². The molecule has 0 saturated carbocycles. The lowest BCUT2D eigenvalue weighted by atomic mass is 10.1. The van der Waals surface area contributed by atoms with Crippen molar-refractivity contribution in [3.8, 4) is 11.3 Å². The van der Waals surface area contributed by atoms with E-state index in [0.717, 1.165) is 16.8 Å². The molecule has 0 atom stereocenters. The number of anilines is 1. The quantitative estimate of drug-likeness (QED) is 0.700. The van der Waals surface area contributed by atoms with Crippen LogP contribution in [0.25, 0.3) is 17.3 Å². The topological polar surface area (TPSA) is 57.8 Å². The van der Waals surface area contributed by atoms with E-state index in [9.17, 15) is 4.79 Å². The average molecular weight is 324 g/mol. The highest BCUT2D eigenvalue weighted by molar-refractivity contribution is 6.30. The number of nitrogens with one attached hydrogen (secondary N) is 2. The fourth-order valence-electron chi connectivity index (χ4n) is 2.07. The average Bonchev–Trinajstić information content (AvgIpc) is 3.03. The Labute approximate surface area is 138 Å². The lowest BCUT2D eigenvalue weighted by Crippen LogP contribution is -2.07. The molecule has 2 N–H and O–H groups in total. The van der Waals surface area contributed by atoms with Crippen LogP contribution in [0.1, 0.15) is 5.56 Å². The number of carbonyl (C=O) groups is 1. The third-order valence-corrected chi connectivity index (χ3v) is 3.46. The summed E-state index contributed by atoms with van der Waals surface area (Å²) in [6.07, 6.45) is 3.23. The highest BCUT2D eigenvalue weighted by Gasteiger charge is 2.05. The van der Waals surface area contributed by atoms with Crippen molar-refractivity contribution in [2.75, 3.05) is 5.32 Å². The van der Waals surface area contributed by atoms with Gasteiger partial charge in [0, 0.05) is 17.2 Å². The Morgan fingerprint density at radius 2 is 1.83 bits per heavy atom. The largest absolute Gasteiger partial charge is 0.306 e. The summed E-state index contributed by atoms with van der Waals surface area (Å²) in [6.45, 7) is 0. The maximum Gasteiger partial charge on any atom is 0.249 e. The van der Waals surface area contributed by atoms with Gasteiger partial charge in [-0.2, -0.15) is 5.10 Å². The van der Waals surface area contributed by atoms with Crippen molar-refractivity contribution in [3.63, 3.8) is 0 Å². The van der Waals surface area contributed by atoms with Crippen LogP contribution in [0.4, 0.5) is 5.82 Å². The molecule has 1 aromatic heterocycles. The second kappa shape index (κ2) is 6.94. The van der Waals surface area contributed by atoms with Crippen LogP contribution in [0.2, 0.25) is 5.02 Å². The number of rotatable bonds is 4. The molecule has 0 aliphatic heterocycles. The Morgan fingerprint density at radius 1 is 1.09 bits per heavy atom. The smallest absolute Gasteiger partial charge is 0.249 e. The number of hydrogen-bond acceptors (Lipinski definition) is 2. The number of hydrogen-bond donors (Lipinski definition) is 2. The van der Waals surface area contributed by atoms with Gasteiger partial charge in [0.1, 0.15) is 0 Å². The predicted octanol–water partition coefficient (Wildman–Crippen LogP) is 4.38. The van der Waals surface area contributed by atoms with Crippen molar-refractivity contribution < 1.29 is 4.79 Å². The Kier molecular flexibility index (Phi) is 4.54. The summed E-state index contributed by atoms with van der Waals surface area (Å²) >= 11 is 5.87. The van der Waals surface area contributed by atoms with Gasteiger partial charge in [0.25, 0.3) is 0 Å². The second-order valence-electron chi connectivity index (χ2n) is 4.91. The van der Waals surface area contributed by atoms with Crippen molar-refractivity contribution in [2.24, 2.45) is 0 Å². The van der Waals surface area contributed by atoms with Gasteiger partial charge in [-0.25, -0.2) is 0 Å². The van der Waals surface area contributed by atoms with Crippen molar-refractivity contribution in [1.29, 1.82) is 0 Å². The highest BCUT2D eigenvalue weighted by Crippen LogP contribution is 2.21. The zero-order chi connectivity index (χ0) is 16.1. The normalized spacial score (nSPS) is 10.8.